The predicted octanol–water partition coefficient (Wildman–Crippen LogP) is 5.25. The van der Waals surface area contributed by atoms with E-state index in [1.807, 2.05) is 6.07 Å². The van der Waals surface area contributed by atoms with Gasteiger partial charge in [-0.15, -0.1) is 0 Å². The molecule has 1 N–H and O–H groups in total. The fourth-order valence-electron chi connectivity index (χ4n) is 3.69. The van der Waals surface area contributed by atoms with E-state index in [0.29, 0.717) is 29.2 Å². The van der Waals surface area contributed by atoms with E-state index in [0.717, 1.165) is 36.1 Å². The summed E-state index contributed by atoms with van der Waals surface area (Å²) in [7, 11) is 0. The molecule has 0 bridgehead atoms. The van der Waals surface area contributed by atoms with Crippen LogP contribution in [0.15, 0.2) is 36.4 Å². The number of hydrogen-bond acceptors (Lipinski definition) is 2. The fourth-order valence-corrected chi connectivity index (χ4v) is 3.69. The molecule has 2 aromatic carbocycles. The summed E-state index contributed by atoms with van der Waals surface area (Å²) in [5.74, 6) is -0.867. The minimum Gasteiger partial charge on any atom is -0.481 e. The maximum absolute atomic E-state index is 13.4. The number of rotatable bonds is 7. The normalized spacial score (nSPS) is 13.9. The maximum Gasteiger partial charge on any atom is 0.416 e. The zero-order chi connectivity index (χ0) is 22.1. The molecule has 1 amide bonds. The van der Waals surface area contributed by atoms with Crippen molar-refractivity contribution in [3.63, 3.8) is 0 Å². The van der Waals surface area contributed by atoms with Crippen LogP contribution in [0.5, 0.6) is 0 Å². The number of carboxylic acid groups (broad SMARTS) is 1. The molecule has 0 aromatic heterocycles. The second-order valence-electron chi connectivity index (χ2n) is 7.67. The molecule has 0 heterocycles. The van der Waals surface area contributed by atoms with Crippen molar-refractivity contribution in [3.8, 4) is 11.1 Å². The molecule has 30 heavy (non-hydrogen) atoms. The smallest absolute Gasteiger partial charge is 0.416 e. The first-order valence-corrected chi connectivity index (χ1v) is 9.90. The summed E-state index contributed by atoms with van der Waals surface area (Å²) in [6.45, 7) is 3.59. The first kappa shape index (κ1) is 21.9. The highest BCUT2D eigenvalue weighted by molar-refractivity contribution is 5.77. The maximum atomic E-state index is 13.4. The number of carbonyl (C=O) groups excluding carboxylic acids is 1. The van der Waals surface area contributed by atoms with E-state index in [4.69, 9.17) is 5.11 Å². The average Bonchev–Trinajstić information content (AvgIpc) is 3.49. The van der Waals surface area contributed by atoms with Crippen molar-refractivity contribution < 1.29 is 27.9 Å². The van der Waals surface area contributed by atoms with Gasteiger partial charge in [-0.1, -0.05) is 24.3 Å². The lowest BCUT2D eigenvalue weighted by Gasteiger charge is -2.23. The minimum absolute atomic E-state index is 0.0539. The Kier molecular flexibility index (Phi) is 6.19. The Morgan fingerprint density at radius 2 is 1.80 bits per heavy atom. The molecule has 1 aliphatic rings. The van der Waals surface area contributed by atoms with E-state index in [9.17, 15) is 22.8 Å². The number of amides is 1. The number of halogens is 3. The van der Waals surface area contributed by atoms with Crippen LogP contribution in [0.2, 0.25) is 0 Å². The topological polar surface area (TPSA) is 57.6 Å². The van der Waals surface area contributed by atoms with Gasteiger partial charge in [0.2, 0.25) is 5.91 Å². The summed E-state index contributed by atoms with van der Waals surface area (Å²) >= 11 is 0. The van der Waals surface area contributed by atoms with E-state index in [1.54, 1.807) is 19.1 Å². The van der Waals surface area contributed by atoms with E-state index >= 15 is 0 Å². The van der Waals surface area contributed by atoms with Crippen molar-refractivity contribution in [3.05, 3.63) is 58.7 Å². The summed E-state index contributed by atoms with van der Waals surface area (Å²) in [6, 6.07) is 9.00. The quantitative estimate of drug-likeness (QED) is 0.667. The van der Waals surface area contributed by atoms with Gasteiger partial charge in [0, 0.05) is 20.0 Å². The lowest BCUT2D eigenvalue weighted by molar-refractivity contribution is -0.138. The van der Waals surface area contributed by atoms with Gasteiger partial charge >= 0.3 is 12.1 Å². The molecule has 1 aliphatic carbocycles. The number of hydrogen-bond donors (Lipinski definition) is 1. The van der Waals surface area contributed by atoms with Crippen molar-refractivity contribution in [2.24, 2.45) is 0 Å². The molecule has 0 saturated heterocycles. The van der Waals surface area contributed by atoms with Crippen molar-refractivity contribution in [2.75, 3.05) is 6.54 Å². The molecule has 1 fully saturated rings. The predicted molar refractivity (Wildman–Crippen MR) is 107 cm³/mol. The molecule has 1 saturated carbocycles. The molecule has 0 radical (unpaired) electrons. The monoisotopic (exact) mass is 419 g/mol. The van der Waals surface area contributed by atoms with Crippen LogP contribution < -0.4 is 0 Å². The van der Waals surface area contributed by atoms with Crippen LogP contribution in [0.1, 0.15) is 54.9 Å². The average molecular weight is 419 g/mol. The van der Waals surface area contributed by atoms with Crippen LogP contribution >= 0.6 is 0 Å². The highest BCUT2D eigenvalue weighted by Crippen LogP contribution is 2.46. The Balaban J connectivity index is 2.16. The van der Waals surface area contributed by atoms with E-state index in [1.165, 1.54) is 17.9 Å². The van der Waals surface area contributed by atoms with Gasteiger partial charge in [-0.25, -0.2) is 0 Å². The highest BCUT2D eigenvalue weighted by atomic mass is 19.4. The molecule has 3 rings (SSSR count). The van der Waals surface area contributed by atoms with Gasteiger partial charge < -0.3 is 10.0 Å². The van der Waals surface area contributed by atoms with E-state index in [2.05, 4.69) is 0 Å². The lowest BCUT2D eigenvalue weighted by Crippen LogP contribution is -2.28. The molecule has 0 atom stereocenters. The molecule has 7 heteroatoms. The summed E-state index contributed by atoms with van der Waals surface area (Å²) in [5.41, 5.74) is 2.59. The van der Waals surface area contributed by atoms with Gasteiger partial charge in [0.25, 0.3) is 0 Å². The van der Waals surface area contributed by atoms with Crippen LogP contribution in [0.25, 0.3) is 11.1 Å². The van der Waals surface area contributed by atoms with Gasteiger partial charge in [-0.2, -0.15) is 13.2 Å². The summed E-state index contributed by atoms with van der Waals surface area (Å²) in [6.07, 6.45) is -2.67. The molecule has 160 valence electrons. The third-order valence-electron chi connectivity index (χ3n) is 5.40. The van der Waals surface area contributed by atoms with Crippen LogP contribution in [0, 0.1) is 0 Å². The highest BCUT2D eigenvalue weighted by Gasteiger charge is 2.32. The van der Waals surface area contributed by atoms with Crippen LogP contribution in [0.4, 0.5) is 13.2 Å². The number of aliphatic carboxylic acids is 1. The first-order valence-electron chi connectivity index (χ1n) is 9.90. The minimum atomic E-state index is -4.50. The van der Waals surface area contributed by atoms with Crippen molar-refractivity contribution in [1.82, 2.24) is 4.90 Å². The summed E-state index contributed by atoms with van der Waals surface area (Å²) < 4.78 is 40.1. The zero-order valence-electron chi connectivity index (χ0n) is 16.9. The van der Waals surface area contributed by atoms with E-state index < -0.39 is 17.7 Å². The first-order chi connectivity index (χ1) is 14.1. The fraction of sp³-hybridized carbons (Fsp3) is 0.391. The van der Waals surface area contributed by atoms with Gasteiger partial charge in [0.1, 0.15) is 0 Å². The standard InChI is InChI=1S/C23H24F3NO3/c1-3-27(14(2)28)13-17-12-18(23(24,25)26)7-9-20(17)21-10-15(11-22(29)30)4-8-19(21)16-5-6-16/h4,7-10,12,16H,3,5-6,11,13H2,1-2H3,(H,29,30). The SMILES string of the molecule is CCN(Cc1cc(C(F)(F)F)ccc1-c1cc(CC(=O)O)ccc1C1CC1)C(C)=O. The van der Waals surface area contributed by atoms with Gasteiger partial charge in [0.05, 0.1) is 12.0 Å². The Hall–Kier alpha value is -2.83. The summed E-state index contributed by atoms with van der Waals surface area (Å²) in [4.78, 5) is 24.6. The molecule has 0 aliphatic heterocycles. The molecule has 4 nitrogen and oxygen atoms in total. The molecule has 0 unspecified atom stereocenters. The molecular formula is C23H24F3NO3. The van der Waals surface area contributed by atoms with Crippen molar-refractivity contribution in [2.45, 2.75) is 51.7 Å². The largest absolute Gasteiger partial charge is 0.481 e. The van der Waals surface area contributed by atoms with Crippen LogP contribution in [-0.4, -0.2) is 28.4 Å². The third kappa shape index (κ3) is 5.01. The second-order valence-corrected chi connectivity index (χ2v) is 7.67. The van der Waals surface area contributed by atoms with Crippen LogP contribution in [-0.2, 0) is 28.7 Å². The number of benzene rings is 2. The Morgan fingerprint density at radius 3 is 2.33 bits per heavy atom. The number of nitrogens with zero attached hydrogens (tertiary/aromatic N) is 1. The Bertz CT molecular complexity index is 965. The lowest BCUT2D eigenvalue weighted by atomic mass is 9.90. The van der Waals surface area contributed by atoms with Gasteiger partial charge in [-0.05, 0) is 65.6 Å². The zero-order valence-corrected chi connectivity index (χ0v) is 16.9. The molecule has 2 aromatic rings. The number of alkyl halides is 3. The molecule has 0 spiro atoms. The van der Waals surface area contributed by atoms with Gasteiger partial charge in [0.15, 0.2) is 0 Å². The summed E-state index contributed by atoms with van der Waals surface area (Å²) in [5, 5.41) is 9.14. The Morgan fingerprint density at radius 1 is 1.10 bits per heavy atom. The van der Waals surface area contributed by atoms with Gasteiger partial charge in [-0.3, -0.25) is 9.59 Å². The Labute approximate surface area is 173 Å². The van der Waals surface area contributed by atoms with Crippen molar-refractivity contribution >= 4 is 11.9 Å². The van der Waals surface area contributed by atoms with Crippen molar-refractivity contribution in [1.29, 1.82) is 0 Å². The molecular weight excluding hydrogens is 395 g/mol. The van der Waals surface area contributed by atoms with Crippen LogP contribution in [0.3, 0.4) is 0 Å². The second kappa shape index (κ2) is 8.50. The third-order valence-corrected chi connectivity index (χ3v) is 5.40. The van der Waals surface area contributed by atoms with E-state index in [-0.39, 0.29) is 18.9 Å². The number of carboxylic acids is 1. The number of carbonyl (C=O) groups is 2.